The van der Waals surface area contributed by atoms with Crippen molar-refractivity contribution in [1.29, 1.82) is 0 Å². The van der Waals surface area contributed by atoms with Crippen LogP contribution >= 0.6 is 11.6 Å². The van der Waals surface area contributed by atoms with E-state index in [1.165, 1.54) is 12.1 Å². The van der Waals surface area contributed by atoms with E-state index in [4.69, 9.17) is 28.2 Å². The molecule has 0 amide bonds. The van der Waals surface area contributed by atoms with Gasteiger partial charge in [-0.3, -0.25) is 0 Å². The minimum Gasteiger partial charge on any atom is -0.395 e. The quantitative estimate of drug-likeness (QED) is 0.631. The summed E-state index contributed by atoms with van der Waals surface area (Å²) < 4.78 is 13.0. The number of nitrogens with two attached hydrogens (primary N) is 2. The first kappa shape index (κ1) is 10.2. The third-order valence-electron chi connectivity index (χ3n) is 1.73. The maximum absolute atomic E-state index is 13.0. The summed E-state index contributed by atoms with van der Waals surface area (Å²) in [6, 6.07) is 1.98. The molecule has 0 aliphatic heterocycles. The second-order valence-corrected chi connectivity index (χ2v) is 3.09. The van der Waals surface area contributed by atoms with E-state index in [1.54, 1.807) is 0 Å². The summed E-state index contributed by atoms with van der Waals surface area (Å²) in [6.07, 6.45) is 0. The second-order valence-electron chi connectivity index (χ2n) is 2.69. The Hall–Kier alpha value is -0.840. The fourth-order valence-electron chi connectivity index (χ4n) is 0.923. The van der Waals surface area contributed by atoms with Crippen LogP contribution in [0.1, 0.15) is 11.6 Å². The highest BCUT2D eigenvalue weighted by Crippen LogP contribution is 2.25. The third kappa shape index (κ3) is 2.09. The van der Waals surface area contributed by atoms with Gasteiger partial charge < -0.3 is 16.6 Å². The Morgan fingerprint density at radius 2 is 2.15 bits per heavy atom. The third-order valence-corrected chi connectivity index (χ3v) is 2.04. The Bertz CT molecular complexity index is 296. The van der Waals surface area contributed by atoms with Crippen molar-refractivity contribution in [2.24, 2.45) is 5.73 Å². The van der Waals surface area contributed by atoms with Gasteiger partial charge >= 0.3 is 0 Å². The van der Waals surface area contributed by atoms with Crippen LogP contribution in [-0.4, -0.2) is 11.7 Å². The van der Waals surface area contributed by atoms with Gasteiger partial charge in [-0.2, -0.15) is 0 Å². The zero-order chi connectivity index (χ0) is 10.0. The van der Waals surface area contributed by atoms with Gasteiger partial charge in [0.15, 0.2) is 0 Å². The predicted molar refractivity (Wildman–Crippen MR) is 49.8 cm³/mol. The van der Waals surface area contributed by atoms with Gasteiger partial charge in [0.1, 0.15) is 5.82 Å². The molecule has 0 aliphatic rings. The van der Waals surface area contributed by atoms with Gasteiger partial charge in [0, 0.05) is 0 Å². The number of halogens is 2. The molecule has 1 aromatic rings. The lowest BCUT2D eigenvalue weighted by Gasteiger charge is -2.10. The summed E-state index contributed by atoms with van der Waals surface area (Å²) in [5.41, 5.74) is 11.1. The molecule has 72 valence electrons. The minimum atomic E-state index is -0.632. The molecule has 5 N–H and O–H groups in total. The van der Waals surface area contributed by atoms with Crippen molar-refractivity contribution in [2.75, 3.05) is 12.3 Å². The molecule has 1 atom stereocenters. The van der Waals surface area contributed by atoms with Crippen LogP contribution in [-0.2, 0) is 0 Å². The standard InChI is InChI=1S/C8H10ClFN2O/c9-5-1-4(7(11)3-13)2-6(10)8(5)12/h1-2,7,13H,3,11-12H2. The SMILES string of the molecule is Nc1c(F)cc(C(N)CO)cc1Cl. The van der Waals surface area contributed by atoms with Crippen LogP contribution in [0.2, 0.25) is 5.02 Å². The highest BCUT2D eigenvalue weighted by molar-refractivity contribution is 6.33. The zero-order valence-corrected chi connectivity index (χ0v) is 7.55. The van der Waals surface area contributed by atoms with Gasteiger partial charge in [0.25, 0.3) is 0 Å². The lowest BCUT2D eigenvalue weighted by molar-refractivity contribution is 0.268. The van der Waals surface area contributed by atoms with Crippen LogP contribution in [0, 0.1) is 5.82 Å². The number of rotatable bonds is 2. The van der Waals surface area contributed by atoms with Crippen LogP contribution in [0.15, 0.2) is 12.1 Å². The second kappa shape index (κ2) is 3.91. The van der Waals surface area contributed by atoms with Crippen molar-refractivity contribution in [3.05, 3.63) is 28.5 Å². The fraction of sp³-hybridized carbons (Fsp3) is 0.250. The van der Waals surface area contributed by atoms with Gasteiger partial charge in [-0.05, 0) is 17.7 Å². The molecule has 0 saturated carbocycles. The molecule has 5 heteroatoms. The first-order valence-electron chi connectivity index (χ1n) is 3.67. The molecular formula is C8H10ClFN2O. The largest absolute Gasteiger partial charge is 0.395 e. The summed E-state index contributed by atoms with van der Waals surface area (Å²) in [7, 11) is 0. The molecular weight excluding hydrogens is 195 g/mol. The molecule has 13 heavy (non-hydrogen) atoms. The summed E-state index contributed by atoms with van der Waals surface area (Å²) in [5, 5.41) is 8.83. The number of nitrogen functional groups attached to an aromatic ring is 1. The molecule has 0 saturated heterocycles. The Kier molecular flexibility index (Phi) is 3.08. The van der Waals surface area contributed by atoms with Crippen molar-refractivity contribution >= 4 is 17.3 Å². The van der Waals surface area contributed by atoms with Crippen LogP contribution in [0.4, 0.5) is 10.1 Å². The Labute approximate surface area is 80.1 Å². The van der Waals surface area contributed by atoms with E-state index < -0.39 is 11.9 Å². The van der Waals surface area contributed by atoms with Crippen molar-refractivity contribution in [2.45, 2.75) is 6.04 Å². The number of aliphatic hydroxyl groups excluding tert-OH is 1. The van der Waals surface area contributed by atoms with E-state index in [2.05, 4.69) is 0 Å². The van der Waals surface area contributed by atoms with Gasteiger partial charge in [-0.1, -0.05) is 11.6 Å². The molecule has 0 radical (unpaired) electrons. The first-order chi connectivity index (χ1) is 6.06. The Morgan fingerprint density at radius 1 is 1.54 bits per heavy atom. The summed E-state index contributed by atoms with van der Waals surface area (Å²) in [4.78, 5) is 0. The maximum Gasteiger partial charge on any atom is 0.147 e. The normalized spacial score (nSPS) is 12.9. The summed E-state index contributed by atoms with van der Waals surface area (Å²) in [5.74, 6) is -0.619. The van der Waals surface area contributed by atoms with E-state index in [1.807, 2.05) is 0 Å². The number of aliphatic hydroxyl groups is 1. The van der Waals surface area contributed by atoms with E-state index in [9.17, 15) is 4.39 Å². The molecule has 0 heterocycles. The highest BCUT2D eigenvalue weighted by atomic mass is 35.5. The summed E-state index contributed by atoms with van der Waals surface area (Å²) >= 11 is 5.62. The van der Waals surface area contributed by atoms with Gasteiger partial charge in [0.2, 0.25) is 0 Å². The van der Waals surface area contributed by atoms with Crippen LogP contribution < -0.4 is 11.5 Å². The molecule has 3 nitrogen and oxygen atoms in total. The molecule has 0 aromatic heterocycles. The molecule has 1 aromatic carbocycles. The van der Waals surface area contributed by atoms with E-state index in [0.29, 0.717) is 5.56 Å². The van der Waals surface area contributed by atoms with Crippen molar-refractivity contribution in [3.63, 3.8) is 0 Å². The minimum absolute atomic E-state index is 0.101. The van der Waals surface area contributed by atoms with Crippen LogP contribution in [0.3, 0.4) is 0 Å². The van der Waals surface area contributed by atoms with Gasteiger partial charge in [0.05, 0.1) is 23.4 Å². The number of hydrogen-bond acceptors (Lipinski definition) is 3. The summed E-state index contributed by atoms with van der Waals surface area (Å²) in [6.45, 7) is -0.264. The Morgan fingerprint density at radius 3 is 2.62 bits per heavy atom. The van der Waals surface area contributed by atoms with Gasteiger partial charge in [-0.25, -0.2) is 4.39 Å². The van der Waals surface area contributed by atoms with E-state index in [-0.39, 0.29) is 17.3 Å². The molecule has 1 rings (SSSR count). The van der Waals surface area contributed by atoms with Gasteiger partial charge in [-0.15, -0.1) is 0 Å². The van der Waals surface area contributed by atoms with Crippen LogP contribution in [0.25, 0.3) is 0 Å². The zero-order valence-electron chi connectivity index (χ0n) is 6.80. The highest BCUT2D eigenvalue weighted by Gasteiger charge is 2.10. The number of hydrogen-bond donors (Lipinski definition) is 3. The van der Waals surface area contributed by atoms with Crippen molar-refractivity contribution < 1.29 is 9.50 Å². The number of anilines is 1. The molecule has 0 spiro atoms. The number of benzene rings is 1. The predicted octanol–water partition coefficient (Wildman–Crippen LogP) is 1.05. The molecule has 0 aliphatic carbocycles. The lowest BCUT2D eigenvalue weighted by Crippen LogP contribution is -2.15. The average molecular weight is 205 g/mol. The topological polar surface area (TPSA) is 72.3 Å². The average Bonchev–Trinajstić information content (AvgIpc) is 2.12. The monoisotopic (exact) mass is 204 g/mol. The molecule has 1 unspecified atom stereocenters. The van der Waals surface area contributed by atoms with E-state index in [0.717, 1.165) is 0 Å². The lowest BCUT2D eigenvalue weighted by atomic mass is 10.1. The van der Waals surface area contributed by atoms with Crippen LogP contribution in [0.5, 0.6) is 0 Å². The van der Waals surface area contributed by atoms with Crippen molar-refractivity contribution in [1.82, 2.24) is 0 Å². The van der Waals surface area contributed by atoms with E-state index >= 15 is 0 Å². The molecule has 0 bridgehead atoms. The van der Waals surface area contributed by atoms with Crippen molar-refractivity contribution in [3.8, 4) is 0 Å². The fourth-order valence-corrected chi connectivity index (χ4v) is 1.14. The first-order valence-corrected chi connectivity index (χ1v) is 4.05. The molecule has 0 fully saturated rings. The Balaban J connectivity index is 3.13. The maximum atomic E-state index is 13.0. The smallest absolute Gasteiger partial charge is 0.147 e.